The predicted octanol–water partition coefficient (Wildman–Crippen LogP) is 2.96. The number of rotatable bonds is 5. The van der Waals surface area contributed by atoms with Crippen molar-refractivity contribution in [3.8, 4) is 5.88 Å². The van der Waals surface area contributed by atoms with Crippen molar-refractivity contribution < 1.29 is 32.6 Å². The van der Waals surface area contributed by atoms with Crippen molar-refractivity contribution in [3.63, 3.8) is 0 Å². The number of carbonyl (C=O) groups is 2. The fourth-order valence-electron chi connectivity index (χ4n) is 3.19. The van der Waals surface area contributed by atoms with Gasteiger partial charge < -0.3 is 14.7 Å². The van der Waals surface area contributed by atoms with E-state index in [1.807, 2.05) is 30.3 Å². The first kappa shape index (κ1) is 19.7. The van der Waals surface area contributed by atoms with E-state index >= 15 is 0 Å². The lowest BCUT2D eigenvalue weighted by molar-refractivity contribution is -0.154. The third-order valence-corrected chi connectivity index (χ3v) is 4.52. The molecule has 6 nitrogen and oxygen atoms in total. The van der Waals surface area contributed by atoms with Crippen molar-refractivity contribution in [1.82, 2.24) is 9.88 Å². The van der Waals surface area contributed by atoms with E-state index in [0.717, 1.165) is 11.8 Å². The molecule has 0 aliphatic carbocycles. The molecule has 0 radical (unpaired) electrons. The number of hydrogen-bond acceptors (Lipinski definition) is 4. The number of ether oxygens (including phenoxy) is 1. The second-order valence-electron chi connectivity index (χ2n) is 6.46. The maximum Gasteiger partial charge on any atom is 0.422 e. The van der Waals surface area contributed by atoms with Crippen molar-refractivity contribution in [2.75, 3.05) is 19.7 Å². The van der Waals surface area contributed by atoms with Crippen LogP contribution in [0.2, 0.25) is 0 Å². The molecule has 1 saturated heterocycles. The van der Waals surface area contributed by atoms with E-state index in [2.05, 4.69) is 9.72 Å². The van der Waals surface area contributed by atoms with Crippen LogP contribution in [0.5, 0.6) is 5.88 Å². The monoisotopic (exact) mass is 394 g/mol. The Hall–Kier alpha value is -3.10. The molecule has 0 spiro atoms. The highest BCUT2D eigenvalue weighted by Gasteiger charge is 2.40. The number of carbonyl (C=O) groups excluding carboxylic acids is 1. The Morgan fingerprint density at radius 2 is 1.86 bits per heavy atom. The molecule has 1 fully saturated rings. The molecule has 1 N–H and O–H groups in total. The molecule has 1 aromatic heterocycles. The Labute approximate surface area is 158 Å². The van der Waals surface area contributed by atoms with Crippen LogP contribution in [-0.4, -0.2) is 52.7 Å². The summed E-state index contributed by atoms with van der Waals surface area (Å²) >= 11 is 0. The lowest BCUT2D eigenvalue weighted by atomic mass is 9.89. The molecule has 1 amide bonds. The number of likely N-dealkylation sites (tertiary alicyclic amines) is 1. The van der Waals surface area contributed by atoms with E-state index in [1.165, 1.54) is 17.0 Å². The van der Waals surface area contributed by atoms with Crippen LogP contribution in [-0.2, 0) is 4.79 Å². The minimum absolute atomic E-state index is 0.0417. The summed E-state index contributed by atoms with van der Waals surface area (Å²) in [6, 6.07) is 11.6. The number of nitrogens with zero attached hydrogens (tertiary/aromatic N) is 2. The molecule has 1 aromatic carbocycles. The standard InChI is InChI=1S/C19H17F3N2O4/c20-19(21,22)11-28-16-7-6-13(8-23-16)17(25)24-9-14(15(10-24)18(26)27)12-4-2-1-3-5-12/h1-8,14-15H,9-11H2,(H,26,27). The molecule has 2 heterocycles. The van der Waals surface area contributed by atoms with Gasteiger partial charge in [-0.3, -0.25) is 9.59 Å². The van der Waals surface area contributed by atoms with Gasteiger partial charge in [-0.1, -0.05) is 30.3 Å². The minimum Gasteiger partial charge on any atom is -0.481 e. The van der Waals surface area contributed by atoms with Crippen LogP contribution in [0.1, 0.15) is 21.8 Å². The van der Waals surface area contributed by atoms with Gasteiger partial charge in [0, 0.05) is 31.3 Å². The van der Waals surface area contributed by atoms with E-state index in [1.54, 1.807) is 0 Å². The smallest absolute Gasteiger partial charge is 0.422 e. The highest BCUT2D eigenvalue weighted by atomic mass is 19.4. The first-order valence-corrected chi connectivity index (χ1v) is 8.47. The van der Waals surface area contributed by atoms with E-state index in [4.69, 9.17) is 0 Å². The molecule has 1 aliphatic heterocycles. The van der Waals surface area contributed by atoms with Gasteiger partial charge in [0.1, 0.15) is 0 Å². The van der Waals surface area contributed by atoms with Crippen molar-refractivity contribution >= 4 is 11.9 Å². The van der Waals surface area contributed by atoms with Crippen molar-refractivity contribution in [2.45, 2.75) is 12.1 Å². The largest absolute Gasteiger partial charge is 0.481 e. The van der Waals surface area contributed by atoms with Gasteiger partial charge in [0.05, 0.1) is 11.5 Å². The number of carboxylic acids is 1. The van der Waals surface area contributed by atoms with Crippen LogP contribution in [0.25, 0.3) is 0 Å². The molecule has 2 atom stereocenters. The molecule has 0 bridgehead atoms. The second-order valence-corrected chi connectivity index (χ2v) is 6.46. The number of aliphatic carboxylic acids is 1. The Balaban J connectivity index is 1.71. The highest BCUT2D eigenvalue weighted by Crippen LogP contribution is 2.33. The maximum absolute atomic E-state index is 12.7. The number of halogens is 3. The highest BCUT2D eigenvalue weighted by molar-refractivity contribution is 5.94. The van der Waals surface area contributed by atoms with Crippen molar-refractivity contribution in [3.05, 3.63) is 59.8 Å². The molecule has 2 unspecified atom stereocenters. The second kappa shape index (κ2) is 7.87. The Kier molecular flexibility index (Phi) is 5.53. The number of benzene rings is 1. The zero-order valence-electron chi connectivity index (χ0n) is 14.6. The molecule has 2 aromatic rings. The van der Waals surface area contributed by atoms with E-state index in [9.17, 15) is 27.9 Å². The summed E-state index contributed by atoms with van der Waals surface area (Å²) in [5.41, 5.74) is 0.983. The summed E-state index contributed by atoms with van der Waals surface area (Å²) in [4.78, 5) is 29.5. The predicted molar refractivity (Wildman–Crippen MR) is 92.0 cm³/mol. The van der Waals surface area contributed by atoms with Gasteiger partial charge in [-0.15, -0.1) is 0 Å². The molecular formula is C19H17F3N2O4. The third kappa shape index (κ3) is 4.59. The Morgan fingerprint density at radius 1 is 1.14 bits per heavy atom. The van der Waals surface area contributed by atoms with E-state index in [-0.39, 0.29) is 30.5 Å². The molecule has 9 heteroatoms. The Bertz CT molecular complexity index is 841. The van der Waals surface area contributed by atoms with E-state index in [0.29, 0.717) is 0 Å². The fourth-order valence-corrected chi connectivity index (χ4v) is 3.19. The number of amides is 1. The first-order chi connectivity index (χ1) is 13.2. The average molecular weight is 394 g/mol. The van der Waals surface area contributed by atoms with E-state index < -0.39 is 30.6 Å². The van der Waals surface area contributed by atoms with Crippen LogP contribution in [0.4, 0.5) is 13.2 Å². The lowest BCUT2D eigenvalue weighted by Crippen LogP contribution is -2.30. The molecular weight excluding hydrogens is 377 g/mol. The van der Waals surface area contributed by atoms with Crippen LogP contribution in [0.15, 0.2) is 48.7 Å². The topological polar surface area (TPSA) is 79.7 Å². The molecule has 148 valence electrons. The minimum atomic E-state index is -4.48. The summed E-state index contributed by atoms with van der Waals surface area (Å²) in [6.07, 6.45) is -3.36. The van der Waals surface area contributed by atoms with Gasteiger partial charge in [-0.05, 0) is 11.6 Å². The summed E-state index contributed by atoms with van der Waals surface area (Å²) < 4.78 is 41.0. The molecule has 28 heavy (non-hydrogen) atoms. The van der Waals surface area contributed by atoms with Gasteiger partial charge in [-0.25, -0.2) is 4.98 Å². The summed E-state index contributed by atoms with van der Waals surface area (Å²) in [7, 11) is 0. The normalized spacial score (nSPS) is 19.5. The third-order valence-electron chi connectivity index (χ3n) is 4.52. The molecule has 1 aliphatic rings. The summed E-state index contributed by atoms with van der Waals surface area (Å²) in [6.45, 7) is -1.20. The zero-order valence-corrected chi connectivity index (χ0v) is 14.6. The number of hydrogen-bond donors (Lipinski definition) is 1. The zero-order chi connectivity index (χ0) is 20.3. The van der Waals surface area contributed by atoms with Crippen LogP contribution in [0, 0.1) is 5.92 Å². The quantitative estimate of drug-likeness (QED) is 0.844. The molecule has 3 rings (SSSR count). The maximum atomic E-state index is 12.7. The first-order valence-electron chi connectivity index (χ1n) is 8.47. The van der Waals surface area contributed by atoms with Crippen LogP contribution < -0.4 is 4.74 Å². The van der Waals surface area contributed by atoms with Gasteiger partial charge in [-0.2, -0.15) is 13.2 Å². The summed E-state index contributed by atoms with van der Waals surface area (Å²) in [5.74, 6) is -2.75. The van der Waals surface area contributed by atoms with Gasteiger partial charge in [0.2, 0.25) is 5.88 Å². The van der Waals surface area contributed by atoms with Crippen LogP contribution >= 0.6 is 0 Å². The van der Waals surface area contributed by atoms with Crippen molar-refractivity contribution in [1.29, 1.82) is 0 Å². The van der Waals surface area contributed by atoms with Crippen molar-refractivity contribution in [2.24, 2.45) is 5.92 Å². The number of alkyl halides is 3. The number of carboxylic acid groups (broad SMARTS) is 1. The van der Waals surface area contributed by atoms with Gasteiger partial charge >= 0.3 is 12.1 Å². The lowest BCUT2D eigenvalue weighted by Gasteiger charge is -2.16. The fraction of sp³-hybridized carbons (Fsp3) is 0.316. The van der Waals surface area contributed by atoms with Gasteiger partial charge in [0.25, 0.3) is 5.91 Å². The number of aromatic nitrogens is 1. The molecule has 0 saturated carbocycles. The van der Waals surface area contributed by atoms with Crippen LogP contribution in [0.3, 0.4) is 0 Å². The van der Waals surface area contributed by atoms with Gasteiger partial charge in [0.15, 0.2) is 6.61 Å². The summed E-state index contributed by atoms with van der Waals surface area (Å²) in [5, 5.41) is 9.52. The Morgan fingerprint density at radius 3 is 2.43 bits per heavy atom. The average Bonchev–Trinajstić information content (AvgIpc) is 3.12. The SMILES string of the molecule is O=C(O)C1CN(C(=O)c2ccc(OCC(F)(F)F)nc2)CC1c1ccccc1. The number of pyridine rings is 1.